The molecule has 7 heteroatoms. The van der Waals surface area contributed by atoms with Crippen LogP contribution in [0.25, 0.3) is 16.9 Å². The lowest BCUT2D eigenvalue weighted by Crippen LogP contribution is -2.12. The van der Waals surface area contributed by atoms with Gasteiger partial charge in [-0.25, -0.2) is 18.2 Å². The van der Waals surface area contributed by atoms with E-state index in [9.17, 15) is 8.42 Å². The fourth-order valence-electron chi connectivity index (χ4n) is 2.95. The number of aromatic nitrogens is 2. The van der Waals surface area contributed by atoms with Crippen molar-refractivity contribution in [3.63, 3.8) is 0 Å². The van der Waals surface area contributed by atoms with Crippen LogP contribution >= 0.6 is 0 Å². The fraction of sp³-hybridized carbons (Fsp3) is 0.211. The number of sulfonamides is 1. The highest BCUT2D eigenvalue weighted by Crippen LogP contribution is 2.33. The predicted molar refractivity (Wildman–Crippen MR) is 101 cm³/mol. The van der Waals surface area contributed by atoms with Crippen molar-refractivity contribution in [2.45, 2.75) is 25.7 Å². The Kier molecular flexibility index (Phi) is 4.84. The third-order valence-corrected chi connectivity index (χ3v) is 4.86. The van der Waals surface area contributed by atoms with E-state index in [0.717, 1.165) is 22.5 Å². The van der Waals surface area contributed by atoms with Crippen LogP contribution in [0.2, 0.25) is 0 Å². The molecule has 0 radical (unpaired) electrons. The maximum absolute atomic E-state index is 11.8. The molecule has 0 unspecified atom stereocenters. The van der Waals surface area contributed by atoms with Gasteiger partial charge in [0.25, 0.3) is 0 Å². The summed E-state index contributed by atoms with van der Waals surface area (Å²) >= 11 is 0. The zero-order valence-electron chi connectivity index (χ0n) is 14.9. The molecule has 0 spiro atoms. The van der Waals surface area contributed by atoms with Crippen LogP contribution in [0.5, 0.6) is 5.75 Å². The van der Waals surface area contributed by atoms with E-state index in [1.54, 1.807) is 16.9 Å². The first-order valence-electron chi connectivity index (χ1n) is 8.22. The molecular formula is C19H21N3O3S. The standard InChI is InChI=1S/C19H21N3O3S/c1-4-25-19-6-5-16(26(20,23)24)12-17(19)18-7-8-21-22(18)15-10-13(2)9-14(3)11-15/h5-12H,4H2,1-3H3,(H2,20,23,24). The van der Waals surface area contributed by atoms with Gasteiger partial charge in [-0.15, -0.1) is 0 Å². The summed E-state index contributed by atoms with van der Waals surface area (Å²) in [7, 11) is -3.82. The van der Waals surface area contributed by atoms with Crippen molar-refractivity contribution in [1.29, 1.82) is 0 Å². The molecule has 3 rings (SSSR count). The normalized spacial score (nSPS) is 11.5. The smallest absolute Gasteiger partial charge is 0.238 e. The Morgan fingerprint density at radius 1 is 1.08 bits per heavy atom. The Bertz CT molecular complexity index is 1040. The lowest BCUT2D eigenvalue weighted by atomic mass is 10.1. The maximum atomic E-state index is 11.8. The molecule has 0 aliphatic rings. The zero-order chi connectivity index (χ0) is 18.9. The molecule has 3 aromatic rings. The molecule has 0 saturated carbocycles. The van der Waals surface area contributed by atoms with Crippen molar-refractivity contribution in [2.24, 2.45) is 5.14 Å². The van der Waals surface area contributed by atoms with Gasteiger partial charge in [-0.2, -0.15) is 5.10 Å². The van der Waals surface area contributed by atoms with Crippen LogP contribution in [0.1, 0.15) is 18.1 Å². The summed E-state index contributed by atoms with van der Waals surface area (Å²) in [5, 5.41) is 9.72. The van der Waals surface area contributed by atoms with Gasteiger partial charge in [-0.1, -0.05) is 6.07 Å². The summed E-state index contributed by atoms with van der Waals surface area (Å²) in [6.07, 6.45) is 1.67. The first-order chi connectivity index (χ1) is 12.3. The minimum absolute atomic E-state index is 0.0316. The fourth-order valence-corrected chi connectivity index (χ4v) is 3.49. The second kappa shape index (κ2) is 6.93. The van der Waals surface area contributed by atoms with Crippen molar-refractivity contribution in [3.8, 4) is 22.7 Å². The molecule has 136 valence electrons. The predicted octanol–water partition coefficient (Wildman–Crippen LogP) is 3.20. The van der Waals surface area contributed by atoms with Crippen molar-refractivity contribution in [2.75, 3.05) is 6.61 Å². The quantitative estimate of drug-likeness (QED) is 0.746. The van der Waals surface area contributed by atoms with Gasteiger partial charge in [-0.05, 0) is 68.3 Å². The highest BCUT2D eigenvalue weighted by molar-refractivity contribution is 7.89. The molecule has 1 heterocycles. The number of benzene rings is 2. The second-order valence-electron chi connectivity index (χ2n) is 6.11. The molecule has 6 nitrogen and oxygen atoms in total. The largest absolute Gasteiger partial charge is 0.493 e. The molecule has 0 aliphatic carbocycles. The van der Waals surface area contributed by atoms with Gasteiger partial charge in [0, 0.05) is 5.56 Å². The molecule has 0 atom stereocenters. The Morgan fingerprint density at radius 2 is 1.77 bits per heavy atom. The molecule has 2 N–H and O–H groups in total. The third-order valence-electron chi connectivity index (χ3n) is 3.95. The summed E-state index contributed by atoms with van der Waals surface area (Å²) in [5.41, 5.74) is 4.47. The molecule has 26 heavy (non-hydrogen) atoms. The molecule has 0 saturated heterocycles. The molecule has 1 aromatic heterocycles. The van der Waals surface area contributed by atoms with E-state index in [4.69, 9.17) is 9.88 Å². The van der Waals surface area contributed by atoms with Crippen LogP contribution in [-0.4, -0.2) is 24.8 Å². The van der Waals surface area contributed by atoms with E-state index < -0.39 is 10.0 Å². The Labute approximate surface area is 153 Å². The minimum atomic E-state index is -3.82. The molecule has 2 aromatic carbocycles. The van der Waals surface area contributed by atoms with Crippen LogP contribution in [0.3, 0.4) is 0 Å². The molecule has 0 fully saturated rings. The van der Waals surface area contributed by atoms with Crippen LogP contribution in [-0.2, 0) is 10.0 Å². The topological polar surface area (TPSA) is 87.2 Å². The van der Waals surface area contributed by atoms with E-state index >= 15 is 0 Å². The van der Waals surface area contributed by atoms with E-state index in [2.05, 4.69) is 11.2 Å². The highest BCUT2D eigenvalue weighted by atomic mass is 32.2. The summed E-state index contributed by atoms with van der Waals surface area (Å²) in [4.78, 5) is 0.0316. The van der Waals surface area contributed by atoms with Gasteiger partial charge in [0.2, 0.25) is 10.0 Å². The number of rotatable bonds is 5. The summed E-state index contributed by atoms with van der Waals surface area (Å²) in [5.74, 6) is 0.575. The van der Waals surface area contributed by atoms with E-state index in [1.807, 2.05) is 39.0 Å². The van der Waals surface area contributed by atoms with Crippen LogP contribution in [0.4, 0.5) is 0 Å². The van der Waals surface area contributed by atoms with Crippen LogP contribution < -0.4 is 9.88 Å². The monoisotopic (exact) mass is 371 g/mol. The van der Waals surface area contributed by atoms with Crippen LogP contribution in [0.15, 0.2) is 53.6 Å². The number of primary sulfonamides is 1. The molecule has 0 bridgehead atoms. The number of nitrogens with two attached hydrogens (primary N) is 1. The van der Waals surface area contributed by atoms with Gasteiger partial charge in [0.05, 0.1) is 29.1 Å². The summed E-state index contributed by atoms with van der Waals surface area (Å²) in [6, 6.07) is 12.5. The highest BCUT2D eigenvalue weighted by Gasteiger charge is 2.17. The van der Waals surface area contributed by atoms with Gasteiger partial charge < -0.3 is 4.74 Å². The second-order valence-corrected chi connectivity index (χ2v) is 7.67. The number of hydrogen-bond donors (Lipinski definition) is 1. The van der Waals surface area contributed by atoms with E-state index in [0.29, 0.717) is 17.9 Å². The van der Waals surface area contributed by atoms with Gasteiger partial charge in [-0.3, -0.25) is 0 Å². The Hall–Kier alpha value is -2.64. The van der Waals surface area contributed by atoms with Crippen molar-refractivity contribution >= 4 is 10.0 Å². The number of hydrogen-bond acceptors (Lipinski definition) is 4. The average Bonchev–Trinajstić information content (AvgIpc) is 3.03. The lowest BCUT2D eigenvalue weighted by molar-refractivity contribution is 0.341. The van der Waals surface area contributed by atoms with E-state index in [1.165, 1.54) is 12.1 Å². The zero-order valence-corrected chi connectivity index (χ0v) is 15.7. The summed E-state index contributed by atoms with van der Waals surface area (Å²) < 4.78 is 31.0. The van der Waals surface area contributed by atoms with Crippen LogP contribution in [0, 0.1) is 13.8 Å². The first kappa shape index (κ1) is 18.2. The first-order valence-corrected chi connectivity index (χ1v) is 9.77. The SMILES string of the molecule is CCOc1ccc(S(N)(=O)=O)cc1-c1ccnn1-c1cc(C)cc(C)c1. The van der Waals surface area contributed by atoms with E-state index in [-0.39, 0.29) is 4.90 Å². The number of nitrogens with zero attached hydrogens (tertiary/aromatic N) is 2. The lowest BCUT2D eigenvalue weighted by Gasteiger charge is -2.14. The molecule has 0 amide bonds. The molecular weight excluding hydrogens is 350 g/mol. The number of ether oxygens (including phenoxy) is 1. The van der Waals surface area contributed by atoms with Gasteiger partial charge in [0.1, 0.15) is 5.75 Å². The van der Waals surface area contributed by atoms with Crippen molar-refractivity contribution < 1.29 is 13.2 Å². The third kappa shape index (κ3) is 3.63. The maximum Gasteiger partial charge on any atom is 0.238 e. The summed E-state index contributed by atoms with van der Waals surface area (Å²) in [6.45, 7) is 6.37. The number of aryl methyl sites for hydroxylation is 2. The Balaban J connectivity index is 2.23. The van der Waals surface area contributed by atoms with Crippen molar-refractivity contribution in [3.05, 3.63) is 59.8 Å². The molecule has 0 aliphatic heterocycles. The van der Waals surface area contributed by atoms with Crippen molar-refractivity contribution in [1.82, 2.24) is 9.78 Å². The Morgan fingerprint density at radius 3 is 2.38 bits per heavy atom. The van der Waals surface area contributed by atoms with Gasteiger partial charge in [0.15, 0.2) is 0 Å². The van der Waals surface area contributed by atoms with Gasteiger partial charge >= 0.3 is 0 Å². The minimum Gasteiger partial charge on any atom is -0.493 e. The average molecular weight is 371 g/mol.